The lowest BCUT2D eigenvalue weighted by atomic mass is 9.81. The number of hydrogen-bond donors (Lipinski definition) is 0. The van der Waals surface area contributed by atoms with Gasteiger partial charge >= 0.3 is 0 Å². The molecule has 1 aliphatic carbocycles. The van der Waals surface area contributed by atoms with Gasteiger partial charge in [0.05, 0.1) is 5.69 Å². The molecule has 0 N–H and O–H groups in total. The van der Waals surface area contributed by atoms with Crippen LogP contribution in [0, 0.1) is 0 Å². The topological polar surface area (TPSA) is 3.24 Å². The Kier molecular flexibility index (Phi) is 7.21. The molecule has 0 aliphatic heterocycles. The SMILES string of the molecule is CC1(C)c2ccc(-c3ccccc3)cc2-c2c1ccc1cccc(N(c3ccc(-c4ccccc4)cc3)c3ccc(-c4ccccc4)cc3)c21. The highest BCUT2D eigenvalue weighted by atomic mass is 15.1. The van der Waals surface area contributed by atoms with E-state index in [4.69, 9.17) is 0 Å². The van der Waals surface area contributed by atoms with Gasteiger partial charge in [0.15, 0.2) is 0 Å². The van der Waals surface area contributed by atoms with Crippen LogP contribution in [0.3, 0.4) is 0 Å². The van der Waals surface area contributed by atoms with Crippen molar-refractivity contribution in [3.8, 4) is 44.5 Å². The van der Waals surface area contributed by atoms with Gasteiger partial charge in [0.25, 0.3) is 0 Å². The number of hydrogen-bond acceptors (Lipinski definition) is 1. The highest BCUT2D eigenvalue weighted by Gasteiger charge is 2.37. The molecule has 0 spiro atoms. The Labute approximate surface area is 294 Å². The Hall–Kier alpha value is -6.18. The molecule has 0 heterocycles. The summed E-state index contributed by atoms with van der Waals surface area (Å²) in [4.78, 5) is 2.44. The summed E-state index contributed by atoms with van der Waals surface area (Å²) in [6, 6.07) is 68.5. The molecule has 0 radical (unpaired) electrons. The molecule has 0 saturated carbocycles. The predicted molar refractivity (Wildman–Crippen MR) is 213 cm³/mol. The van der Waals surface area contributed by atoms with Gasteiger partial charge in [-0.15, -0.1) is 0 Å². The molecule has 0 aromatic heterocycles. The first kappa shape index (κ1) is 29.9. The van der Waals surface area contributed by atoms with Crippen molar-refractivity contribution in [1.82, 2.24) is 0 Å². The molecule has 0 saturated heterocycles. The first-order chi connectivity index (χ1) is 24.6. The Morgan fingerprint density at radius 1 is 0.380 bits per heavy atom. The summed E-state index contributed by atoms with van der Waals surface area (Å²) < 4.78 is 0. The summed E-state index contributed by atoms with van der Waals surface area (Å²) in [6.07, 6.45) is 0. The Bertz CT molecular complexity index is 2380. The first-order valence-corrected chi connectivity index (χ1v) is 17.4. The van der Waals surface area contributed by atoms with Gasteiger partial charge in [-0.1, -0.05) is 166 Å². The van der Waals surface area contributed by atoms with Crippen LogP contribution >= 0.6 is 0 Å². The molecule has 0 fully saturated rings. The summed E-state index contributed by atoms with van der Waals surface area (Å²) in [7, 11) is 0. The predicted octanol–water partition coefficient (Wildman–Crippen LogP) is 13.6. The van der Waals surface area contributed by atoms with E-state index >= 15 is 0 Å². The normalized spacial score (nSPS) is 12.8. The minimum atomic E-state index is -0.124. The van der Waals surface area contributed by atoms with E-state index < -0.39 is 0 Å². The fraction of sp³-hybridized carbons (Fsp3) is 0.0612. The molecule has 8 aromatic carbocycles. The highest BCUT2D eigenvalue weighted by molar-refractivity contribution is 6.11. The number of fused-ring (bicyclic) bond motifs is 5. The zero-order valence-electron chi connectivity index (χ0n) is 28.3. The van der Waals surface area contributed by atoms with Crippen LogP contribution < -0.4 is 4.90 Å². The zero-order chi connectivity index (χ0) is 33.7. The van der Waals surface area contributed by atoms with E-state index in [9.17, 15) is 0 Å². The Morgan fingerprint density at radius 2 is 0.840 bits per heavy atom. The molecule has 9 rings (SSSR count). The fourth-order valence-corrected chi connectivity index (χ4v) is 7.89. The summed E-state index contributed by atoms with van der Waals surface area (Å²) in [5.74, 6) is 0. The summed E-state index contributed by atoms with van der Waals surface area (Å²) in [6.45, 7) is 4.74. The van der Waals surface area contributed by atoms with Crippen molar-refractivity contribution < 1.29 is 0 Å². The molecule has 1 aliphatic rings. The molecule has 50 heavy (non-hydrogen) atoms. The van der Waals surface area contributed by atoms with Crippen LogP contribution in [-0.4, -0.2) is 0 Å². The van der Waals surface area contributed by atoms with Crippen molar-refractivity contribution in [3.05, 3.63) is 199 Å². The standard InChI is InChI=1S/C49H37N/c1-49(2)44-31-26-40(36-17-10-5-11-18-36)33-43(44)48-45(49)32-25-39-19-12-20-46(47(39)48)50(41-27-21-37(22-28-41)34-13-6-3-7-14-34)42-29-23-38(24-30-42)35-15-8-4-9-16-35/h3-33H,1-2H3. The second-order valence-electron chi connectivity index (χ2n) is 13.8. The maximum atomic E-state index is 2.44. The van der Waals surface area contributed by atoms with Crippen LogP contribution in [0.4, 0.5) is 17.1 Å². The van der Waals surface area contributed by atoms with E-state index in [-0.39, 0.29) is 5.41 Å². The summed E-state index contributed by atoms with van der Waals surface area (Å²) >= 11 is 0. The minimum Gasteiger partial charge on any atom is -0.310 e. The van der Waals surface area contributed by atoms with Gasteiger partial charge in [-0.3, -0.25) is 0 Å². The van der Waals surface area contributed by atoms with Crippen molar-refractivity contribution in [2.24, 2.45) is 0 Å². The van der Waals surface area contributed by atoms with Crippen LogP contribution in [0.5, 0.6) is 0 Å². The number of anilines is 3. The van der Waals surface area contributed by atoms with Gasteiger partial charge in [-0.05, 0) is 97.4 Å². The number of benzene rings is 8. The van der Waals surface area contributed by atoms with E-state index in [0.717, 1.165) is 11.4 Å². The molecule has 0 atom stereocenters. The van der Waals surface area contributed by atoms with Crippen LogP contribution in [0.1, 0.15) is 25.0 Å². The van der Waals surface area contributed by atoms with E-state index in [0.29, 0.717) is 0 Å². The minimum absolute atomic E-state index is 0.124. The van der Waals surface area contributed by atoms with Crippen molar-refractivity contribution in [3.63, 3.8) is 0 Å². The third-order valence-electron chi connectivity index (χ3n) is 10.5. The van der Waals surface area contributed by atoms with E-state index in [1.807, 2.05) is 0 Å². The first-order valence-electron chi connectivity index (χ1n) is 17.4. The lowest BCUT2D eigenvalue weighted by Crippen LogP contribution is -2.15. The van der Waals surface area contributed by atoms with Crippen LogP contribution in [-0.2, 0) is 5.41 Å². The van der Waals surface area contributed by atoms with Gasteiger partial charge < -0.3 is 4.90 Å². The van der Waals surface area contributed by atoms with Gasteiger partial charge in [0.1, 0.15) is 0 Å². The Morgan fingerprint density at radius 3 is 1.38 bits per heavy atom. The largest absolute Gasteiger partial charge is 0.310 e. The maximum absolute atomic E-state index is 2.44. The van der Waals surface area contributed by atoms with E-state index in [1.165, 1.54) is 72.1 Å². The molecule has 8 aromatic rings. The van der Waals surface area contributed by atoms with Crippen LogP contribution in [0.25, 0.3) is 55.3 Å². The highest BCUT2D eigenvalue weighted by Crippen LogP contribution is 2.54. The number of rotatable bonds is 6. The van der Waals surface area contributed by atoms with E-state index in [1.54, 1.807) is 0 Å². The third-order valence-corrected chi connectivity index (χ3v) is 10.5. The van der Waals surface area contributed by atoms with Crippen LogP contribution in [0.2, 0.25) is 0 Å². The lowest BCUT2D eigenvalue weighted by molar-refractivity contribution is 0.661. The smallest absolute Gasteiger partial charge is 0.0546 e. The molecule has 0 unspecified atom stereocenters. The van der Waals surface area contributed by atoms with Crippen molar-refractivity contribution in [2.45, 2.75) is 19.3 Å². The van der Waals surface area contributed by atoms with Gasteiger partial charge in [0, 0.05) is 22.2 Å². The monoisotopic (exact) mass is 639 g/mol. The number of nitrogens with zero attached hydrogens (tertiary/aromatic N) is 1. The van der Waals surface area contributed by atoms with Gasteiger partial charge in [0.2, 0.25) is 0 Å². The fourth-order valence-electron chi connectivity index (χ4n) is 7.89. The molecule has 0 amide bonds. The summed E-state index contributed by atoms with van der Waals surface area (Å²) in [5, 5.41) is 2.52. The molecular weight excluding hydrogens is 603 g/mol. The van der Waals surface area contributed by atoms with Gasteiger partial charge in [-0.25, -0.2) is 0 Å². The molecule has 238 valence electrons. The Balaban J connectivity index is 1.27. The zero-order valence-corrected chi connectivity index (χ0v) is 28.3. The van der Waals surface area contributed by atoms with Crippen molar-refractivity contribution in [1.29, 1.82) is 0 Å². The average Bonchev–Trinajstić information content (AvgIpc) is 3.42. The second-order valence-corrected chi connectivity index (χ2v) is 13.8. The van der Waals surface area contributed by atoms with Gasteiger partial charge in [-0.2, -0.15) is 0 Å². The van der Waals surface area contributed by atoms with E-state index in [2.05, 4.69) is 207 Å². The quantitative estimate of drug-likeness (QED) is 0.175. The van der Waals surface area contributed by atoms with Crippen molar-refractivity contribution in [2.75, 3.05) is 4.90 Å². The van der Waals surface area contributed by atoms with Crippen LogP contribution in [0.15, 0.2) is 188 Å². The lowest BCUT2D eigenvalue weighted by Gasteiger charge is -2.28. The molecule has 0 bridgehead atoms. The maximum Gasteiger partial charge on any atom is 0.0546 e. The molecule has 1 nitrogen and oxygen atoms in total. The summed E-state index contributed by atoms with van der Waals surface area (Å²) in [5.41, 5.74) is 16.0. The van der Waals surface area contributed by atoms with Crippen molar-refractivity contribution >= 4 is 27.8 Å². The average molecular weight is 640 g/mol. The molecular formula is C49H37N. The third kappa shape index (κ3) is 5.02. The second kappa shape index (κ2) is 12.1. The molecule has 1 heteroatoms.